The van der Waals surface area contributed by atoms with Gasteiger partial charge < -0.3 is 10.6 Å². The zero-order chi connectivity index (χ0) is 10.5. The van der Waals surface area contributed by atoms with Gasteiger partial charge in [-0.3, -0.25) is 0 Å². The molecule has 0 amide bonds. The number of nitrogens with two attached hydrogens (primary N) is 1. The Bertz CT molecular complexity index is 309. The number of hydrogen-bond acceptors (Lipinski definition) is 2. The zero-order valence-corrected chi connectivity index (χ0v) is 9.28. The summed E-state index contributed by atoms with van der Waals surface area (Å²) in [7, 11) is 0. The van der Waals surface area contributed by atoms with E-state index in [9.17, 15) is 0 Å². The maximum absolute atomic E-state index is 5.49. The van der Waals surface area contributed by atoms with Crippen LogP contribution in [0.5, 0.6) is 0 Å². The van der Waals surface area contributed by atoms with Crippen LogP contribution in [-0.2, 0) is 6.42 Å². The van der Waals surface area contributed by atoms with Gasteiger partial charge in [0.2, 0.25) is 0 Å². The molecule has 0 fully saturated rings. The van der Waals surface area contributed by atoms with E-state index in [1.54, 1.807) is 0 Å². The van der Waals surface area contributed by atoms with Crippen LogP contribution in [0.1, 0.15) is 24.8 Å². The molecule has 2 N–H and O–H groups in total. The minimum Gasteiger partial charge on any atom is -0.371 e. The monoisotopic (exact) mass is 204 g/mol. The highest BCUT2D eigenvalue weighted by molar-refractivity contribution is 5.57. The van der Waals surface area contributed by atoms with Crippen molar-refractivity contribution in [1.29, 1.82) is 0 Å². The van der Waals surface area contributed by atoms with E-state index >= 15 is 0 Å². The van der Waals surface area contributed by atoms with E-state index in [1.165, 1.54) is 43.6 Å². The molecule has 1 aliphatic heterocycles. The molecule has 82 valence electrons. The third-order valence-electron chi connectivity index (χ3n) is 3.12. The highest BCUT2D eigenvalue weighted by atomic mass is 15.1. The second-order valence-corrected chi connectivity index (χ2v) is 4.22. The molecule has 1 aliphatic rings. The van der Waals surface area contributed by atoms with Crippen molar-refractivity contribution in [3.8, 4) is 0 Å². The van der Waals surface area contributed by atoms with Gasteiger partial charge in [-0.05, 0) is 37.4 Å². The van der Waals surface area contributed by atoms with Crippen LogP contribution < -0.4 is 10.6 Å². The molecule has 0 unspecified atom stereocenters. The molecule has 15 heavy (non-hydrogen) atoms. The smallest absolute Gasteiger partial charge is 0.0399 e. The van der Waals surface area contributed by atoms with Crippen molar-refractivity contribution >= 4 is 5.69 Å². The van der Waals surface area contributed by atoms with Gasteiger partial charge in [0.15, 0.2) is 0 Å². The fourth-order valence-corrected chi connectivity index (χ4v) is 2.26. The largest absolute Gasteiger partial charge is 0.371 e. The highest BCUT2D eigenvalue weighted by Crippen LogP contribution is 2.27. The number of rotatable bonds is 5. The summed E-state index contributed by atoms with van der Waals surface area (Å²) in [6.45, 7) is 3.22. The normalized spacial score (nSPS) is 14.3. The van der Waals surface area contributed by atoms with Gasteiger partial charge in [-0.2, -0.15) is 0 Å². The molecule has 0 saturated heterocycles. The maximum Gasteiger partial charge on any atom is 0.0399 e. The lowest BCUT2D eigenvalue weighted by Crippen LogP contribution is -2.21. The molecule has 2 rings (SSSR count). The molecule has 1 heterocycles. The summed E-state index contributed by atoms with van der Waals surface area (Å²) in [4.78, 5) is 2.51. The lowest BCUT2D eigenvalue weighted by Gasteiger charge is -2.18. The molecule has 0 atom stereocenters. The van der Waals surface area contributed by atoms with Crippen LogP contribution in [0.25, 0.3) is 0 Å². The summed E-state index contributed by atoms with van der Waals surface area (Å²) in [5.74, 6) is 0. The van der Waals surface area contributed by atoms with Crippen LogP contribution in [0.15, 0.2) is 24.3 Å². The van der Waals surface area contributed by atoms with Crippen molar-refractivity contribution in [2.75, 3.05) is 24.5 Å². The first-order valence-electron chi connectivity index (χ1n) is 5.95. The van der Waals surface area contributed by atoms with Gasteiger partial charge in [-0.1, -0.05) is 24.6 Å². The Morgan fingerprint density at radius 3 is 2.87 bits per heavy atom. The standard InChI is InChI=1S/C13H20N2/c14-9-4-1-5-10-15-11-8-12-6-2-3-7-13(12)15/h2-3,6-7H,1,4-5,8-11,14H2. The predicted molar refractivity (Wildman–Crippen MR) is 65.3 cm³/mol. The maximum atomic E-state index is 5.49. The molecule has 0 aliphatic carbocycles. The van der Waals surface area contributed by atoms with Gasteiger partial charge >= 0.3 is 0 Å². The first kappa shape index (κ1) is 10.5. The van der Waals surface area contributed by atoms with Gasteiger partial charge in [-0.25, -0.2) is 0 Å². The van der Waals surface area contributed by atoms with Crippen LogP contribution >= 0.6 is 0 Å². The van der Waals surface area contributed by atoms with Gasteiger partial charge in [-0.15, -0.1) is 0 Å². The topological polar surface area (TPSA) is 29.3 Å². The molecule has 2 heteroatoms. The van der Waals surface area contributed by atoms with Crippen molar-refractivity contribution in [3.63, 3.8) is 0 Å². The van der Waals surface area contributed by atoms with Crippen molar-refractivity contribution in [1.82, 2.24) is 0 Å². The fourth-order valence-electron chi connectivity index (χ4n) is 2.26. The Morgan fingerprint density at radius 2 is 2.00 bits per heavy atom. The van der Waals surface area contributed by atoms with Gasteiger partial charge in [0.1, 0.15) is 0 Å². The Balaban J connectivity index is 1.85. The van der Waals surface area contributed by atoms with Crippen LogP contribution in [0, 0.1) is 0 Å². The third-order valence-corrected chi connectivity index (χ3v) is 3.12. The van der Waals surface area contributed by atoms with E-state index in [4.69, 9.17) is 5.73 Å². The Labute approximate surface area is 92.1 Å². The van der Waals surface area contributed by atoms with E-state index < -0.39 is 0 Å². The number of para-hydroxylation sites is 1. The molecule has 1 aromatic rings. The first-order valence-corrected chi connectivity index (χ1v) is 5.95. The Kier molecular flexibility index (Phi) is 3.62. The summed E-state index contributed by atoms with van der Waals surface area (Å²) in [5.41, 5.74) is 8.45. The number of nitrogens with zero attached hydrogens (tertiary/aromatic N) is 1. The summed E-state index contributed by atoms with van der Waals surface area (Å²) in [6, 6.07) is 8.76. The van der Waals surface area contributed by atoms with Crippen LogP contribution in [0.3, 0.4) is 0 Å². The van der Waals surface area contributed by atoms with Gasteiger partial charge in [0.05, 0.1) is 0 Å². The highest BCUT2D eigenvalue weighted by Gasteiger charge is 2.16. The van der Waals surface area contributed by atoms with Crippen molar-refractivity contribution in [2.45, 2.75) is 25.7 Å². The Hall–Kier alpha value is -1.02. The number of unbranched alkanes of at least 4 members (excludes halogenated alkanes) is 2. The minimum atomic E-state index is 0.830. The first-order chi connectivity index (χ1) is 7.42. The van der Waals surface area contributed by atoms with E-state index in [1.807, 2.05) is 0 Å². The van der Waals surface area contributed by atoms with E-state index in [-0.39, 0.29) is 0 Å². The minimum absolute atomic E-state index is 0.830. The number of fused-ring (bicyclic) bond motifs is 1. The average Bonchev–Trinajstić information content (AvgIpc) is 2.68. The lowest BCUT2D eigenvalue weighted by atomic mass is 10.2. The van der Waals surface area contributed by atoms with E-state index in [0.29, 0.717) is 0 Å². The second kappa shape index (κ2) is 5.17. The molecule has 0 aromatic heterocycles. The zero-order valence-electron chi connectivity index (χ0n) is 9.28. The lowest BCUT2D eigenvalue weighted by molar-refractivity contribution is 0.666. The molecule has 1 aromatic carbocycles. The van der Waals surface area contributed by atoms with Gasteiger partial charge in [0, 0.05) is 18.8 Å². The molecule has 0 bridgehead atoms. The summed E-state index contributed by atoms with van der Waals surface area (Å²) < 4.78 is 0. The molecule has 0 saturated carbocycles. The second-order valence-electron chi connectivity index (χ2n) is 4.22. The van der Waals surface area contributed by atoms with Crippen molar-refractivity contribution < 1.29 is 0 Å². The molecule has 0 radical (unpaired) electrons. The van der Waals surface area contributed by atoms with Crippen LogP contribution in [0.2, 0.25) is 0 Å². The summed E-state index contributed by atoms with van der Waals surface area (Å²) in [6.07, 6.45) is 4.91. The molecule has 2 nitrogen and oxygen atoms in total. The summed E-state index contributed by atoms with van der Waals surface area (Å²) >= 11 is 0. The van der Waals surface area contributed by atoms with E-state index in [2.05, 4.69) is 29.2 Å². The number of benzene rings is 1. The van der Waals surface area contributed by atoms with E-state index in [0.717, 1.165) is 13.0 Å². The van der Waals surface area contributed by atoms with Crippen molar-refractivity contribution in [3.05, 3.63) is 29.8 Å². The SMILES string of the molecule is NCCCCCN1CCc2ccccc21. The molecular weight excluding hydrogens is 184 g/mol. The van der Waals surface area contributed by atoms with Gasteiger partial charge in [0.25, 0.3) is 0 Å². The predicted octanol–water partition coefficient (Wildman–Crippen LogP) is 2.18. The quantitative estimate of drug-likeness (QED) is 0.745. The Morgan fingerprint density at radius 1 is 1.13 bits per heavy atom. The number of hydrogen-bond donors (Lipinski definition) is 1. The third kappa shape index (κ3) is 2.51. The van der Waals surface area contributed by atoms with Crippen molar-refractivity contribution in [2.24, 2.45) is 5.73 Å². The fraction of sp³-hybridized carbons (Fsp3) is 0.538. The molecule has 0 spiro atoms. The van der Waals surface area contributed by atoms with Crippen LogP contribution in [0.4, 0.5) is 5.69 Å². The molecular formula is C13H20N2. The average molecular weight is 204 g/mol. The number of anilines is 1. The summed E-state index contributed by atoms with van der Waals surface area (Å²) in [5, 5.41) is 0. The van der Waals surface area contributed by atoms with Crippen LogP contribution in [-0.4, -0.2) is 19.6 Å².